The second-order valence-corrected chi connectivity index (χ2v) is 13.4. The normalized spacial score (nSPS) is 24.2. The molecule has 0 saturated carbocycles. The zero-order chi connectivity index (χ0) is 21.2. The molecule has 0 spiro atoms. The highest BCUT2D eigenvalue weighted by Crippen LogP contribution is 2.37. The van der Waals surface area contributed by atoms with Crippen molar-refractivity contribution in [1.29, 1.82) is 0 Å². The summed E-state index contributed by atoms with van der Waals surface area (Å²) in [6, 6.07) is 21.3. The van der Waals surface area contributed by atoms with Gasteiger partial charge in [-0.25, -0.2) is 4.79 Å². The van der Waals surface area contributed by atoms with E-state index in [1.807, 2.05) is 0 Å². The summed E-state index contributed by atoms with van der Waals surface area (Å²) in [5, 5.41) is 2.48. The predicted molar refractivity (Wildman–Crippen MR) is 120 cm³/mol. The van der Waals surface area contributed by atoms with E-state index in [2.05, 4.69) is 81.4 Å². The number of rotatable bonds is 6. The van der Waals surface area contributed by atoms with Crippen molar-refractivity contribution in [2.75, 3.05) is 6.61 Å². The quantitative estimate of drug-likeness (QED) is 0.527. The molecule has 0 amide bonds. The van der Waals surface area contributed by atoms with Gasteiger partial charge >= 0.3 is 5.97 Å². The highest BCUT2D eigenvalue weighted by Gasteiger charge is 2.50. The smallest absolute Gasteiger partial charge is 0.331 e. The van der Waals surface area contributed by atoms with Crippen LogP contribution in [-0.2, 0) is 18.7 Å². The molecule has 4 rings (SSSR count). The van der Waals surface area contributed by atoms with Crippen LogP contribution >= 0.6 is 0 Å². The Bertz CT molecular complexity index is 849. The second kappa shape index (κ2) is 8.50. The maximum absolute atomic E-state index is 11.4. The molecule has 2 aliphatic rings. The first kappa shape index (κ1) is 21.0. The van der Waals surface area contributed by atoms with Gasteiger partial charge in [0.2, 0.25) is 0 Å². The van der Waals surface area contributed by atoms with Gasteiger partial charge in [0.05, 0.1) is 18.8 Å². The fourth-order valence-corrected chi connectivity index (χ4v) is 9.25. The Labute approximate surface area is 180 Å². The maximum atomic E-state index is 11.4. The molecule has 2 aromatic rings. The molecule has 3 atom stereocenters. The van der Waals surface area contributed by atoms with E-state index in [1.165, 1.54) is 16.4 Å². The van der Waals surface area contributed by atoms with Gasteiger partial charge in [0, 0.05) is 6.08 Å². The average molecular weight is 423 g/mol. The van der Waals surface area contributed by atoms with Crippen LogP contribution in [0.5, 0.6) is 0 Å². The van der Waals surface area contributed by atoms with Gasteiger partial charge < -0.3 is 13.9 Å². The lowest BCUT2D eigenvalue weighted by Crippen LogP contribution is -2.67. The van der Waals surface area contributed by atoms with Crippen molar-refractivity contribution in [3.8, 4) is 0 Å². The monoisotopic (exact) mass is 422 g/mol. The molecular formula is C25H30O4Si. The summed E-state index contributed by atoms with van der Waals surface area (Å²) in [6.07, 6.45) is 4.72. The molecule has 0 aliphatic carbocycles. The van der Waals surface area contributed by atoms with Crippen molar-refractivity contribution in [3.05, 3.63) is 72.8 Å². The van der Waals surface area contributed by atoms with Crippen LogP contribution in [0.4, 0.5) is 0 Å². The Kier molecular flexibility index (Phi) is 5.96. The molecule has 5 heteroatoms. The number of cyclic esters (lactones) is 1. The number of benzene rings is 2. The van der Waals surface area contributed by atoms with Gasteiger partial charge in [0.1, 0.15) is 6.10 Å². The number of esters is 1. The summed E-state index contributed by atoms with van der Waals surface area (Å²) in [5.74, 6) is -0.282. The third kappa shape index (κ3) is 4.02. The van der Waals surface area contributed by atoms with E-state index in [0.29, 0.717) is 6.61 Å². The first-order valence-electron chi connectivity index (χ1n) is 10.7. The number of carbonyl (C=O) groups excluding carboxylic acids is 1. The molecule has 0 aromatic heterocycles. The van der Waals surface area contributed by atoms with Crippen LogP contribution < -0.4 is 10.4 Å². The first-order chi connectivity index (χ1) is 14.4. The van der Waals surface area contributed by atoms with Gasteiger partial charge in [-0.05, 0) is 34.3 Å². The van der Waals surface area contributed by atoms with E-state index in [0.717, 1.165) is 12.8 Å². The van der Waals surface area contributed by atoms with E-state index in [-0.39, 0.29) is 29.3 Å². The van der Waals surface area contributed by atoms with Crippen molar-refractivity contribution >= 4 is 24.7 Å². The standard InChI is InChI=1S/C25H30O4Si/c1-25(2,3)30(20-10-6-4-7-11-20,21-12-8-5-9-13-21)27-18-19-14-15-22(28-19)23-16-17-24(26)29-23/h4-13,16-17,19,22-23H,14-15,18H2,1-3H3. The molecule has 2 aromatic carbocycles. The molecule has 3 unspecified atom stereocenters. The highest BCUT2D eigenvalue weighted by molar-refractivity contribution is 6.99. The lowest BCUT2D eigenvalue weighted by atomic mass is 10.1. The summed E-state index contributed by atoms with van der Waals surface area (Å²) in [5.41, 5.74) is 0. The van der Waals surface area contributed by atoms with Gasteiger partial charge in [-0.1, -0.05) is 81.4 Å². The van der Waals surface area contributed by atoms with E-state index in [9.17, 15) is 4.79 Å². The summed E-state index contributed by atoms with van der Waals surface area (Å²) in [7, 11) is -2.56. The molecule has 1 fully saturated rings. The summed E-state index contributed by atoms with van der Waals surface area (Å²) in [4.78, 5) is 11.4. The lowest BCUT2D eigenvalue weighted by molar-refractivity contribution is -0.144. The Hall–Kier alpha value is -2.21. The third-order valence-electron chi connectivity index (χ3n) is 6.08. The van der Waals surface area contributed by atoms with Crippen molar-refractivity contribution in [3.63, 3.8) is 0 Å². The number of hydrogen-bond acceptors (Lipinski definition) is 4. The summed E-state index contributed by atoms with van der Waals surface area (Å²) < 4.78 is 18.5. The fourth-order valence-electron chi connectivity index (χ4n) is 4.66. The molecule has 30 heavy (non-hydrogen) atoms. The minimum absolute atomic E-state index is 0.00403. The summed E-state index contributed by atoms with van der Waals surface area (Å²) >= 11 is 0. The zero-order valence-corrected chi connectivity index (χ0v) is 18.9. The van der Waals surface area contributed by atoms with Crippen molar-refractivity contribution in [2.24, 2.45) is 0 Å². The van der Waals surface area contributed by atoms with Crippen molar-refractivity contribution in [2.45, 2.75) is 57.0 Å². The van der Waals surface area contributed by atoms with Crippen LogP contribution in [0.2, 0.25) is 5.04 Å². The van der Waals surface area contributed by atoms with Gasteiger partial charge in [-0.3, -0.25) is 0 Å². The van der Waals surface area contributed by atoms with Gasteiger partial charge in [-0.15, -0.1) is 0 Å². The van der Waals surface area contributed by atoms with Crippen molar-refractivity contribution < 1.29 is 18.7 Å². The summed E-state index contributed by atoms with van der Waals surface area (Å²) in [6.45, 7) is 7.37. The Balaban J connectivity index is 1.58. The number of ether oxygens (including phenoxy) is 2. The van der Waals surface area contributed by atoms with Gasteiger partial charge in [0.25, 0.3) is 8.32 Å². The maximum Gasteiger partial charge on any atom is 0.331 e. The van der Waals surface area contributed by atoms with Crippen LogP contribution in [0.25, 0.3) is 0 Å². The van der Waals surface area contributed by atoms with Crippen LogP contribution in [0.1, 0.15) is 33.6 Å². The van der Waals surface area contributed by atoms with Gasteiger partial charge in [0.15, 0.2) is 0 Å². The first-order valence-corrected chi connectivity index (χ1v) is 12.6. The van der Waals surface area contributed by atoms with E-state index >= 15 is 0 Å². The average Bonchev–Trinajstić information content (AvgIpc) is 3.38. The van der Waals surface area contributed by atoms with E-state index < -0.39 is 8.32 Å². The predicted octanol–water partition coefficient (Wildman–Crippen LogP) is 3.59. The Morgan fingerprint density at radius 3 is 2.07 bits per heavy atom. The highest BCUT2D eigenvalue weighted by atomic mass is 28.4. The lowest BCUT2D eigenvalue weighted by Gasteiger charge is -2.43. The number of hydrogen-bond donors (Lipinski definition) is 0. The molecule has 2 heterocycles. The number of carbonyl (C=O) groups is 1. The minimum atomic E-state index is -2.56. The molecule has 0 bridgehead atoms. The van der Waals surface area contributed by atoms with E-state index in [1.54, 1.807) is 6.08 Å². The van der Waals surface area contributed by atoms with E-state index in [4.69, 9.17) is 13.9 Å². The fraction of sp³-hybridized carbons (Fsp3) is 0.400. The van der Waals surface area contributed by atoms with Gasteiger partial charge in [-0.2, -0.15) is 0 Å². The topological polar surface area (TPSA) is 44.8 Å². The SMILES string of the molecule is CC(C)(C)[Si](OCC1CCC(C2C=CC(=O)O2)O1)(c1ccccc1)c1ccccc1. The Morgan fingerprint density at radius 2 is 1.57 bits per heavy atom. The van der Waals surface area contributed by atoms with Crippen molar-refractivity contribution in [1.82, 2.24) is 0 Å². The van der Waals surface area contributed by atoms with Crippen LogP contribution in [0, 0.1) is 0 Å². The molecule has 0 N–H and O–H groups in total. The molecular weight excluding hydrogens is 392 g/mol. The zero-order valence-electron chi connectivity index (χ0n) is 17.9. The molecule has 1 saturated heterocycles. The molecule has 0 radical (unpaired) electrons. The third-order valence-corrected chi connectivity index (χ3v) is 11.1. The van der Waals surface area contributed by atoms with Crippen LogP contribution in [-0.4, -0.2) is 39.2 Å². The van der Waals surface area contributed by atoms with Crippen LogP contribution in [0.15, 0.2) is 72.8 Å². The largest absolute Gasteiger partial charge is 0.452 e. The molecule has 4 nitrogen and oxygen atoms in total. The molecule has 2 aliphatic heterocycles. The minimum Gasteiger partial charge on any atom is -0.452 e. The Morgan fingerprint density at radius 1 is 0.967 bits per heavy atom. The second-order valence-electron chi connectivity index (χ2n) is 9.11. The van der Waals surface area contributed by atoms with Crippen LogP contribution in [0.3, 0.4) is 0 Å². The molecule has 158 valence electrons.